The van der Waals surface area contributed by atoms with Gasteiger partial charge >= 0.3 is 0 Å². The molecular formula is C13H19NO3S. The monoisotopic (exact) mass is 269 g/mol. The standard InChI is InChI=1S/C13H19NO3S/c1-14-6-11(15)9-3-4-12(16-2)13(5-9)17-10-7-18-8-10/h3-5,10-11,14-15H,6-8H2,1-2H3. The Bertz CT molecular complexity index is 396. The highest BCUT2D eigenvalue weighted by atomic mass is 32.2. The van der Waals surface area contributed by atoms with Crippen LogP contribution >= 0.6 is 11.8 Å². The highest BCUT2D eigenvalue weighted by molar-refractivity contribution is 8.00. The second-order valence-corrected chi connectivity index (χ2v) is 5.34. The minimum Gasteiger partial charge on any atom is -0.493 e. The van der Waals surface area contributed by atoms with Crippen LogP contribution in [0.2, 0.25) is 0 Å². The number of aliphatic hydroxyl groups is 1. The highest BCUT2D eigenvalue weighted by Gasteiger charge is 2.22. The summed E-state index contributed by atoms with van der Waals surface area (Å²) in [6.45, 7) is 0.519. The first-order chi connectivity index (χ1) is 8.74. The van der Waals surface area contributed by atoms with Crippen molar-refractivity contribution in [3.05, 3.63) is 23.8 Å². The Morgan fingerprint density at radius 1 is 1.44 bits per heavy atom. The molecule has 0 spiro atoms. The van der Waals surface area contributed by atoms with Crippen molar-refractivity contribution in [2.24, 2.45) is 0 Å². The zero-order valence-corrected chi connectivity index (χ0v) is 11.5. The molecule has 2 N–H and O–H groups in total. The van der Waals surface area contributed by atoms with Crippen LogP contribution in [0.1, 0.15) is 11.7 Å². The van der Waals surface area contributed by atoms with E-state index in [0.717, 1.165) is 22.8 Å². The third kappa shape index (κ3) is 3.10. The van der Waals surface area contributed by atoms with Crippen molar-refractivity contribution in [1.82, 2.24) is 5.32 Å². The van der Waals surface area contributed by atoms with Crippen molar-refractivity contribution in [3.63, 3.8) is 0 Å². The van der Waals surface area contributed by atoms with Crippen LogP contribution in [-0.2, 0) is 0 Å². The summed E-state index contributed by atoms with van der Waals surface area (Å²) in [4.78, 5) is 0. The SMILES string of the molecule is CNCC(O)c1ccc(OC)c(OC2CSC2)c1. The topological polar surface area (TPSA) is 50.7 Å². The summed E-state index contributed by atoms with van der Waals surface area (Å²) < 4.78 is 11.1. The van der Waals surface area contributed by atoms with E-state index in [1.165, 1.54) is 0 Å². The Kier molecular flexibility index (Phi) is 4.74. The van der Waals surface area contributed by atoms with E-state index in [1.54, 1.807) is 7.11 Å². The molecule has 2 rings (SSSR count). The molecule has 100 valence electrons. The van der Waals surface area contributed by atoms with E-state index in [1.807, 2.05) is 37.0 Å². The van der Waals surface area contributed by atoms with Crippen molar-refractivity contribution in [2.75, 3.05) is 32.2 Å². The third-order valence-corrected chi connectivity index (χ3v) is 4.09. The van der Waals surface area contributed by atoms with Crippen molar-refractivity contribution in [2.45, 2.75) is 12.2 Å². The van der Waals surface area contributed by atoms with Crippen LogP contribution in [-0.4, -0.2) is 43.4 Å². The number of aliphatic hydroxyl groups excluding tert-OH is 1. The molecule has 0 aliphatic carbocycles. The predicted molar refractivity (Wildman–Crippen MR) is 73.6 cm³/mol. The van der Waals surface area contributed by atoms with E-state index >= 15 is 0 Å². The predicted octanol–water partition coefficient (Wildman–Crippen LogP) is 1.44. The van der Waals surface area contributed by atoms with Gasteiger partial charge in [-0.05, 0) is 24.7 Å². The molecule has 0 bridgehead atoms. The van der Waals surface area contributed by atoms with E-state index < -0.39 is 6.10 Å². The number of nitrogens with one attached hydrogen (secondary N) is 1. The number of hydrogen-bond acceptors (Lipinski definition) is 5. The van der Waals surface area contributed by atoms with Gasteiger partial charge in [0.05, 0.1) is 13.2 Å². The summed E-state index contributed by atoms with van der Waals surface area (Å²) >= 11 is 1.87. The lowest BCUT2D eigenvalue weighted by molar-refractivity contribution is 0.176. The molecule has 0 aromatic heterocycles. The zero-order chi connectivity index (χ0) is 13.0. The first kappa shape index (κ1) is 13.5. The van der Waals surface area contributed by atoms with Gasteiger partial charge in [-0.1, -0.05) is 6.07 Å². The van der Waals surface area contributed by atoms with Crippen molar-refractivity contribution < 1.29 is 14.6 Å². The fourth-order valence-corrected chi connectivity index (χ4v) is 2.33. The zero-order valence-electron chi connectivity index (χ0n) is 10.7. The van der Waals surface area contributed by atoms with Gasteiger partial charge in [0.2, 0.25) is 0 Å². The van der Waals surface area contributed by atoms with Gasteiger partial charge in [0.15, 0.2) is 11.5 Å². The van der Waals surface area contributed by atoms with Gasteiger partial charge in [-0.3, -0.25) is 0 Å². The molecule has 1 atom stereocenters. The van der Waals surface area contributed by atoms with Crippen LogP contribution in [0.15, 0.2) is 18.2 Å². The minimum atomic E-state index is -0.529. The van der Waals surface area contributed by atoms with Gasteiger partial charge < -0.3 is 19.9 Å². The Morgan fingerprint density at radius 3 is 2.78 bits per heavy atom. The van der Waals surface area contributed by atoms with Gasteiger partial charge in [0, 0.05) is 18.1 Å². The molecule has 1 saturated heterocycles. The number of likely N-dealkylation sites (N-methyl/N-ethyl adjacent to an activating group) is 1. The summed E-state index contributed by atoms with van der Waals surface area (Å²) in [5.74, 6) is 3.47. The van der Waals surface area contributed by atoms with Gasteiger partial charge in [0.1, 0.15) is 6.10 Å². The van der Waals surface area contributed by atoms with Crippen LogP contribution in [0.4, 0.5) is 0 Å². The maximum absolute atomic E-state index is 9.95. The Labute approximate surface area is 112 Å². The van der Waals surface area contributed by atoms with Crippen LogP contribution in [0, 0.1) is 0 Å². The minimum absolute atomic E-state index is 0.264. The lowest BCUT2D eigenvalue weighted by Crippen LogP contribution is -2.31. The second-order valence-electron chi connectivity index (χ2n) is 4.26. The van der Waals surface area contributed by atoms with Crippen molar-refractivity contribution in [1.29, 1.82) is 0 Å². The lowest BCUT2D eigenvalue weighted by Gasteiger charge is -2.27. The number of rotatable bonds is 6. The summed E-state index contributed by atoms with van der Waals surface area (Å²) in [7, 11) is 3.44. The third-order valence-electron chi connectivity index (χ3n) is 2.87. The van der Waals surface area contributed by atoms with E-state index in [0.29, 0.717) is 12.3 Å². The highest BCUT2D eigenvalue weighted by Crippen LogP contribution is 2.33. The van der Waals surface area contributed by atoms with E-state index in [9.17, 15) is 5.11 Å². The summed E-state index contributed by atoms with van der Waals surface area (Å²) in [5, 5.41) is 12.9. The number of hydrogen-bond donors (Lipinski definition) is 2. The quantitative estimate of drug-likeness (QED) is 0.818. The molecule has 1 heterocycles. The van der Waals surface area contributed by atoms with Gasteiger partial charge in [0.25, 0.3) is 0 Å². The maximum atomic E-state index is 9.95. The fraction of sp³-hybridized carbons (Fsp3) is 0.538. The molecule has 4 nitrogen and oxygen atoms in total. The van der Waals surface area contributed by atoms with Gasteiger partial charge in [-0.15, -0.1) is 0 Å². The molecule has 0 amide bonds. The molecule has 1 aliphatic rings. The molecule has 1 aromatic carbocycles. The molecular weight excluding hydrogens is 250 g/mol. The molecule has 1 aliphatic heterocycles. The van der Waals surface area contributed by atoms with Crippen LogP contribution in [0.25, 0.3) is 0 Å². The van der Waals surface area contributed by atoms with Crippen LogP contribution < -0.4 is 14.8 Å². The molecule has 18 heavy (non-hydrogen) atoms. The fourth-order valence-electron chi connectivity index (χ4n) is 1.77. The van der Waals surface area contributed by atoms with Gasteiger partial charge in [-0.25, -0.2) is 0 Å². The van der Waals surface area contributed by atoms with Gasteiger partial charge in [-0.2, -0.15) is 11.8 Å². The number of benzene rings is 1. The molecule has 0 saturated carbocycles. The smallest absolute Gasteiger partial charge is 0.162 e. The summed E-state index contributed by atoms with van der Waals surface area (Å²) in [5.41, 5.74) is 0.840. The molecule has 0 radical (unpaired) electrons. The molecule has 1 aromatic rings. The Hall–Kier alpha value is -0.910. The Morgan fingerprint density at radius 2 is 2.22 bits per heavy atom. The van der Waals surface area contributed by atoms with Crippen LogP contribution in [0.3, 0.4) is 0 Å². The first-order valence-corrected chi connectivity index (χ1v) is 7.15. The van der Waals surface area contributed by atoms with E-state index in [-0.39, 0.29) is 6.10 Å². The lowest BCUT2D eigenvalue weighted by atomic mass is 10.1. The molecule has 5 heteroatoms. The Balaban J connectivity index is 2.15. The van der Waals surface area contributed by atoms with Crippen LogP contribution in [0.5, 0.6) is 11.5 Å². The number of methoxy groups -OCH3 is 1. The van der Waals surface area contributed by atoms with E-state index in [2.05, 4.69) is 5.32 Å². The maximum Gasteiger partial charge on any atom is 0.162 e. The largest absolute Gasteiger partial charge is 0.493 e. The molecule has 1 fully saturated rings. The summed E-state index contributed by atoms with van der Waals surface area (Å²) in [6, 6.07) is 5.57. The first-order valence-electron chi connectivity index (χ1n) is 5.99. The second kappa shape index (κ2) is 6.31. The van der Waals surface area contributed by atoms with Crippen molar-refractivity contribution in [3.8, 4) is 11.5 Å². The van der Waals surface area contributed by atoms with E-state index in [4.69, 9.17) is 9.47 Å². The average molecular weight is 269 g/mol. The molecule has 1 unspecified atom stereocenters. The average Bonchev–Trinajstić information content (AvgIpc) is 2.34. The number of ether oxygens (including phenoxy) is 2. The van der Waals surface area contributed by atoms with Crippen molar-refractivity contribution >= 4 is 11.8 Å². The normalized spacial score (nSPS) is 17.1. The summed E-state index contributed by atoms with van der Waals surface area (Å²) in [6.07, 6.45) is -0.264. The number of thioether (sulfide) groups is 1.